The van der Waals surface area contributed by atoms with E-state index in [0.29, 0.717) is 11.5 Å². The summed E-state index contributed by atoms with van der Waals surface area (Å²) in [7, 11) is -3.36. The maximum Gasteiger partial charge on any atom is 0.256 e. The van der Waals surface area contributed by atoms with Crippen molar-refractivity contribution in [3.05, 3.63) is 47.7 Å². The topological polar surface area (TPSA) is 102 Å². The van der Waals surface area contributed by atoms with Gasteiger partial charge in [0.1, 0.15) is 5.82 Å². The molecule has 0 aliphatic heterocycles. The van der Waals surface area contributed by atoms with E-state index in [9.17, 15) is 13.2 Å². The molecule has 0 unspecified atom stereocenters. The Morgan fingerprint density at radius 3 is 2.62 bits per heavy atom. The van der Waals surface area contributed by atoms with Gasteiger partial charge in [-0.3, -0.25) is 4.79 Å². The summed E-state index contributed by atoms with van der Waals surface area (Å²) < 4.78 is 23.0. The third kappa shape index (κ3) is 3.57. The summed E-state index contributed by atoms with van der Waals surface area (Å²) in [5.74, 6) is -0.0418. The molecule has 2 aromatic rings. The van der Waals surface area contributed by atoms with Crippen molar-refractivity contribution in [3.63, 3.8) is 0 Å². The van der Waals surface area contributed by atoms with Crippen molar-refractivity contribution in [2.45, 2.75) is 11.8 Å². The minimum atomic E-state index is -3.36. The second-order valence-corrected chi connectivity index (χ2v) is 6.70. The highest BCUT2D eigenvalue weighted by Gasteiger charge is 2.13. The van der Waals surface area contributed by atoms with Gasteiger partial charge in [-0.25, -0.2) is 13.4 Å². The average Bonchev–Trinajstić information content (AvgIpc) is 2.41. The molecule has 0 aliphatic rings. The van der Waals surface area contributed by atoms with Gasteiger partial charge in [0.15, 0.2) is 9.84 Å². The first-order valence-corrected chi connectivity index (χ1v) is 8.00. The number of aryl methyl sites for hydroxylation is 1. The molecule has 2 rings (SSSR count). The summed E-state index contributed by atoms with van der Waals surface area (Å²) in [6.45, 7) is 1.77. The van der Waals surface area contributed by atoms with Gasteiger partial charge >= 0.3 is 0 Å². The summed E-state index contributed by atoms with van der Waals surface area (Å²) in [6.07, 6.45) is 2.53. The summed E-state index contributed by atoms with van der Waals surface area (Å²) in [5.41, 5.74) is 7.07. The zero-order valence-corrected chi connectivity index (χ0v) is 12.4. The lowest BCUT2D eigenvalue weighted by atomic mass is 10.2. The molecule has 3 N–H and O–H groups in total. The number of hydrogen-bond acceptors (Lipinski definition) is 5. The van der Waals surface area contributed by atoms with Gasteiger partial charge in [-0.15, -0.1) is 0 Å². The zero-order chi connectivity index (χ0) is 15.6. The van der Waals surface area contributed by atoms with E-state index >= 15 is 0 Å². The predicted octanol–water partition coefficient (Wildman–Crippen LogP) is 1.63. The van der Waals surface area contributed by atoms with Crippen LogP contribution in [0, 0.1) is 6.92 Å². The Kier molecular flexibility index (Phi) is 3.95. The fourth-order valence-electron chi connectivity index (χ4n) is 1.78. The van der Waals surface area contributed by atoms with Crippen molar-refractivity contribution in [2.75, 3.05) is 17.3 Å². The number of nitrogens with one attached hydrogen (secondary N) is 1. The van der Waals surface area contributed by atoms with Crippen molar-refractivity contribution >= 4 is 27.2 Å². The lowest BCUT2D eigenvalue weighted by molar-refractivity contribution is 0.102. The van der Waals surface area contributed by atoms with Crippen molar-refractivity contribution < 1.29 is 13.2 Å². The molecule has 1 heterocycles. The highest BCUT2D eigenvalue weighted by atomic mass is 32.2. The number of hydrogen-bond donors (Lipinski definition) is 2. The van der Waals surface area contributed by atoms with Gasteiger partial charge in [0.05, 0.1) is 16.8 Å². The molecule has 0 bridgehead atoms. The quantitative estimate of drug-likeness (QED) is 0.897. The van der Waals surface area contributed by atoms with Crippen LogP contribution in [0.4, 0.5) is 11.5 Å². The molecule has 0 fully saturated rings. The van der Waals surface area contributed by atoms with Gasteiger partial charge in [0.2, 0.25) is 0 Å². The Bertz CT molecular complexity index is 801. The number of carbonyl (C=O) groups excluding carboxylic acids is 1. The summed E-state index contributed by atoms with van der Waals surface area (Å²) in [4.78, 5) is 16.3. The third-order valence-electron chi connectivity index (χ3n) is 2.86. The summed E-state index contributed by atoms with van der Waals surface area (Å²) >= 11 is 0. The van der Waals surface area contributed by atoms with Gasteiger partial charge in [-0.2, -0.15) is 0 Å². The van der Waals surface area contributed by atoms with Crippen molar-refractivity contribution in [2.24, 2.45) is 0 Å². The molecule has 110 valence electrons. The zero-order valence-electron chi connectivity index (χ0n) is 11.6. The van der Waals surface area contributed by atoms with Gasteiger partial charge in [-0.1, -0.05) is 6.07 Å². The SMILES string of the molecule is Cc1cc(N)cnc1NC(=O)c1cccc(S(C)(=O)=O)c1. The fourth-order valence-corrected chi connectivity index (χ4v) is 2.44. The van der Waals surface area contributed by atoms with Gasteiger partial charge in [-0.05, 0) is 36.8 Å². The molecular formula is C14H15N3O3S. The number of amides is 1. The van der Waals surface area contributed by atoms with Crippen molar-refractivity contribution in [1.29, 1.82) is 0 Å². The Balaban J connectivity index is 2.29. The van der Waals surface area contributed by atoms with Crippen LogP contribution < -0.4 is 11.1 Å². The molecular weight excluding hydrogens is 290 g/mol. The van der Waals surface area contributed by atoms with Gasteiger partial charge < -0.3 is 11.1 Å². The number of nitrogens with zero attached hydrogens (tertiary/aromatic N) is 1. The van der Waals surface area contributed by atoms with Crippen LogP contribution in [-0.4, -0.2) is 25.6 Å². The molecule has 1 aromatic carbocycles. The first-order chi connectivity index (χ1) is 9.77. The normalized spacial score (nSPS) is 11.1. The highest BCUT2D eigenvalue weighted by Crippen LogP contribution is 2.16. The molecule has 7 heteroatoms. The lowest BCUT2D eigenvalue weighted by Crippen LogP contribution is -2.14. The van der Waals surface area contributed by atoms with Crippen LogP contribution in [0.1, 0.15) is 15.9 Å². The van der Waals surface area contributed by atoms with Crippen molar-refractivity contribution in [3.8, 4) is 0 Å². The van der Waals surface area contributed by atoms with E-state index in [2.05, 4.69) is 10.3 Å². The first-order valence-electron chi connectivity index (χ1n) is 6.11. The summed E-state index contributed by atoms with van der Waals surface area (Å²) in [5, 5.41) is 2.63. The molecule has 1 amide bonds. The van der Waals surface area contributed by atoms with E-state index in [-0.39, 0.29) is 10.5 Å². The molecule has 0 saturated carbocycles. The lowest BCUT2D eigenvalue weighted by Gasteiger charge is -2.08. The number of nitrogens with two attached hydrogens (primary N) is 1. The van der Waals surface area contributed by atoms with Crippen molar-refractivity contribution in [1.82, 2.24) is 4.98 Å². The van der Waals surface area contributed by atoms with E-state index in [1.54, 1.807) is 13.0 Å². The van der Waals surface area contributed by atoms with Crippen LogP contribution in [-0.2, 0) is 9.84 Å². The number of nitrogen functional groups attached to an aromatic ring is 1. The maximum atomic E-state index is 12.2. The van der Waals surface area contributed by atoms with Crippen LogP contribution in [0.25, 0.3) is 0 Å². The van der Waals surface area contributed by atoms with E-state index in [0.717, 1.165) is 11.8 Å². The number of pyridine rings is 1. The smallest absolute Gasteiger partial charge is 0.256 e. The maximum absolute atomic E-state index is 12.2. The predicted molar refractivity (Wildman–Crippen MR) is 80.9 cm³/mol. The van der Waals surface area contributed by atoms with Gasteiger partial charge in [0, 0.05) is 11.8 Å². The number of carbonyl (C=O) groups is 1. The van der Waals surface area contributed by atoms with Crippen LogP contribution in [0.15, 0.2) is 41.4 Å². The molecule has 0 spiro atoms. The highest BCUT2D eigenvalue weighted by molar-refractivity contribution is 7.90. The van der Waals surface area contributed by atoms with Crippen LogP contribution in [0.3, 0.4) is 0 Å². The Morgan fingerprint density at radius 2 is 2.00 bits per heavy atom. The Labute approximate surface area is 122 Å². The molecule has 1 aromatic heterocycles. The average molecular weight is 305 g/mol. The number of sulfone groups is 1. The Morgan fingerprint density at radius 1 is 1.29 bits per heavy atom. The number of rotatable bonds is 3. The number of anilines is 2. The van der Waals surface area contributed by atoms with Gasteiger partial charge in [0.25, 0.3) is 5.91 Å². The first kappa shape index (κ1) is 15.0. The second kappa shape index (κ2) is 5.53. The van der Waals surface area contributed by atoms with E-state index in [4.69, 9.17) is 5.73 Å². The van der Waals surface area contributed by atoms with E-state index < -0.39 is 15.7 Å². The molecule has 0 radical (unpaired) electrons. The summed E-state index contributed by atoms with van der Waals surface area (Å²) in [6, 6.07) is 7.52. The molecule has 0 saturated heterocycles. The molecule has 0 aliphatic carbocycles. The second-order valence-electron chi connectivity index (χ2n) is 4.69. The Hall–Kier alpha value is -2.41. The van der Waals surface area contributed by atoms with E-state index in [1.807, 2.05) is 0 Å². The molecule has 21 heavy (non-hydrogen) atoms. The van der Waals surface area contributed by atoms with Crippen LogP contribution >= 0.6 is 0 Å². The molecule has 6 nitrogen and oxygen atoms in total. The fraction of sp³-hybridized carbons (Fsp3) is 0.143. The largest absolute Gasteiger partial charge is 0.397 e. The minimum absolute atomic E-state index is 0.0946. The van der Waals surface area contributed by atoms with Crippen LogP contribution in [0.5, 0.6) is 0 Å². The standard InChI is InChI=1S/C14H15N3O3S/c1-9-6-11(15)8-16-13(9)17-14(18)10-4-3-5-12(7-10)21(2,19)20/h3-8H,15H2,1-2H3,(H,16,17,18). The number of aromatic nitrogens is 1. The van der Waals surface area contributed by atoms with E-state index in [1.165, 1.54) is 30.5 Å². The molecule has 0 atom stereocenters. The monoisotopic (exact) mass is 305 g/mol. The minimum Gasteiger partial charge on any atom is -0.397 e. The number of benzene rings is 1. The third-order valence-corrected chi connectivity index (χ3v) is 3.97. The van der Waals surface area contributed by atoms with Crippen LogP contribution in [0.2, 0.25) is 0 Å².